The first kappa shape index (κ1) is 14.1. The van der Waals surface area contributed by atoms with Crippen molar-refractivity contribution in [3.8, 4) is 0 Å². The molecule has 0 amide bonds. The maximum Gasteiger partial charge on any atom is 0.269 e. The molecule has 0 heterocycles. The maximum atomic E-state index is 10.6. The third-order valence-electron chi connectivity index (χ3n) is 2.69. The molecule has 0 saturated carbocycles. The van der Waals surface area contributed by atoms with Crippen molar-refractivity contribution in [3.63, 3.8) is 0 Å². The van der Waals surface area contributed by atoms with Crippen LogP contribution in [0.2, 0.25) is 0 Å². The number of hydrogen-bond donors (Lipinski definition) is 0. The predicted molar refractivity (Wildman–Crippen MR) is 80.7 cm³/mol. The van der Waals surface area contributed by atoms with Gasteiger partial charge in [-0.25, -0.2) is 0 Å². The zero-order valence-electron chi connectivity index (χ0n) is 10.3. The van der Waals surface area contributed by atoms with Crippen LogP contribution in [0.5, 0.6) is 0 Å². The van der Waals surface area contributed by atoms with Crippen LogP contribution in [0.4, 0.5) is 5.69 Å². The molecule has 0 aromatic heterocycles. The molecule has 19 heavy (non-hydrogen) atoms. The molecule has 98 valence electrons. The second-order valence-electron chi connectivity index (χ2n) is 3.96. The van der Waals surface area contributed by atoms with Gasteiger partial charge in [-0.15, -0.1) is 0 Å². The van der Waals surface area contributed by atoms with E-state index in [0.29, 0.717) is 0 Å². The molecule has 0 N–H and O–H groups in total. The lowest BCUT2D eigenvalue weighted by atomic mass is 10.2. The lowest BCUT2D eigenvalue weighted by Crippen LogP contribution is -1.86. The molecular formula is C14H12BrNO2S. The highest BCUT2D eigenvalue weighted by molar-refractivity contribution is 9.10. The SMILES string of the molecule is CCc1ccc(Sc2ccc([N+](=O)[O-])cc2)cc1Br. The number of rotatable bonds is 4. The summed E-state index contributed by atoms with van der Waals surface area (Å²) in [5.74, 6) is 0. The minimum absolute atomic E-state index is 0.117. The Labute approximate surface area is 124 Å². The quantitative estimate of drug-likeness (QED) is 0.577. The van der Waals surface area contributed by atoms with Crippen LogP contribution >= 0.6 is 27.7 Å². The Bertz CT molecular complexity index is 599. The van der Waals surface area contributed by atoms with Gasteiger partial charge in [0.2, 0.25) is 0 Å². The lowest BCUT2D eigenvalue weighted by molar-refractivity contribution is -0.384. The first-order valence-corrected chi connectivity index (χ1v) is 7.42. The van der Waals surface area contributed by atoms with Crippen LogP contribution in [-0.2, 0) is 6.42 Å². The molecule has 0 fully saturated rings. The van der Waals surface area contributed by atoms with Crippen LogP contribution in [0, 0.1) is 10.1 Å². The van der Waals surface area contributed by atoms with Crippen molar-refractivity contribution < 1.29 is 4.92 Å². The number of halogens is 1. The number of benzene rings is 2. The molecule has 0 aliphatic rings. The standard InChI is InChI=1S/C14H12BrNO2S/c1-2-10-3-6-13(9-14(10)15)19-12-7-4-11(5-8-12)16(17)18/h3-9H,2H2,1H3. The summed E-state index contributed by atoms with van der Waals surface area (Å²) in [4.78, 5) is 12.3. The highest BCUT2D eigenvalue weighted by atomic mass is 79.9. The van der Waals surface area contributed by atoms with Gasteiger partial charge >= 0.3 is 0 Å². The van der Waals surface area contributed by atoms with Crippen LogP contribution in [-0.4, -0.2) is 4.92 Å². The van der Waals surface area contributed by atoms with Crippen LogP contribution in [0.25, 0.3) is 0 Å². The number of hydrogen-bond acceptors (Lipinski definition) is 3. The first-order valence-electron chi connectivity index (χ1n) is 5.81. The average molecular weight is 338 g/mol. The van der Waals surface area contributed by atoms with Gasteiger partial charge in [0.15, 0.2) is 0 Å². The van der Waals surface area contributed by atoms with Gasteiger partial charge in [0.1, 0.15) is 0 Å². The molecule has 0 bridgehead atoms. The van der Waals surface area contributed by atoms with E-state index in [1.165, 1.54) is 17.7 Å². The van der Waals surface area contributed by atoms with Crippen molar-refractivity contribution >= 4 is 33.4 Å². The second kappa shape index (κ2) is 6.21. The van der Waals surface area contributed by atoms with E-state index in [-0.39, 0.29) is 10.6 Å². The van der Waals surface area contributed by atoms with Gasteiger partial charge in [-0.2, -0.15) is 0 Å². The molecule has 0 aliphatic heterocycles. The van der Waals surface area contributed by atoms with Gasteiger partial charge in [0.25, 0.3) is 5.69 Å². The molecule has 0 atom stereocenters. The Hall–Kier alpha value is -1.33. The van der Waals surface area contributed by atoms with Gasteiger partial charge in [0.05, 0.1) is 4.92 Å². The topological polar surface area (TPSA) is 43.1 Å². The zero-order chi connectivity index (χ0) is 13.8. The van der Waals surface area contributed by atoms with Gasteiger partial charge < -0.3 is 0 Å². The van der Waals surface area contributed by atoms with Crippen LogP contribution in [0.15, 0.2) is 56.7 Å². The molecule has 3 nitrogen and oxygen atoms in total. The van der Waals surface area contributed by atoms with E-state index in [4.69, 9.17) is 0 Å². The van der Waals surface area contributed by atoms with Crippen LogP contribution in [0.1, 0.15) is 12.5 Å². The Morgan fingerprint density at radius 1 is 1.16 bits per heavy atom. The Morgan fingerprint density at radius 3 is 2.32 bits per heavy atom. The van der Waals surface area contributed by atoms with E-state index in [1.54, 1.807) is 23.9 Å². The fourth-order valence-electron chi connectivity index (χ4n) is 1.65. The normalized spacial score (nSPS) is 10.4. The zero-order valence-corrected chi connectivity index (χ0v) is 12.7. The number of non-ortho nitro benzene ring substituents is 1. The third kappa shape index (κ3) is 3.58. The Morgan fingerprint density at radius 2 is 1.79 bits per heavy atom. The van der Waals surface area contributed by atoms with E-state index in [2.05, 4.69) is 41.1 Å². The van der Waals surface area contributed by atoms with E-state index in [0.717, 1.165) is 20.7 Å². The molecular weight excluding hydrogens is 326 g/mol. The van der Waals surface area contributed by atoms with Gasteiger partial charge in [-0.3, -0.25) is 10.1 Å². The lowest BCUT2D eigenvalue weighted by Gasteiger charge is -2.05. The van der Waals surface area contributed by atoms with E-state index >= 15 is 0 Å². The highest BCUT2D eigenvalue weighted by Gasteiger charge is 2.06. The summed E-state index contributed by atoms with van der Waals surface area (Å²) in [5, 5.41) is 10.6. The molecule has 0 spiro atoms. The summed E-state index contributed by atoms with van der Waals surface area (Å²) in [6, 6.07) is 12.8. The largest absolute Gasteiger partial charge is 0.269 e. The summed E-state index contributed by atoms with van der Waals surface area (Å²) in [6.07, 6.45) is 0.989. The molecule has 2 rings (SSSR count). The van der Waals surface area contributed by atoms with Crippen molar-refractivity contribution in [2.75, 3.05) is 0 Å². The van der Waals surface area contributed by atoms with Crippen molar-refractivity contribution in [3.05, 3.63) is 62.6 Å². The summed E-state index contributed by atoms with van der Waals surface area (Å²) in [7, 11) is 0. The minimum atomic E-state index is -0.388. The van der Waals surface area contributed by atoms with Crippen molar-refractivity contribution in [1.82, 2.24) is 0 Å². The smallest absolute Gasteiger partial charge is 0.258 e. The van der Waals surface area contributed by atoms with Gasteiger partial charge in [0, 0.05) is 26.4 Å². The molecule has 0 unspecified atom stereocenters. The minimum Gasteiger partial charge on any atom is -0.258 e. The third-order valence-corrected chi connectivity index (χ3v) is 4.42. The number of nitrogens with zero attached hydrogens (tertiary/aromatic N) is 1. The molecule has 2 aromatic carbocycles. The first-order chi connectivity index (χ1) is 9.10. The van der Waals surface area contributed by atoms with E-state index in [9.17, 15) is 10.1 Å². The Kier molecular flexibility index (Phi) is 4.61. The van der Waals surface area contributed by atoms with E-state index < -0.39 is 0 Å². The number of aryl methyl sites for hydroxylation is 1. The molecule has 2 aromatic rings. The Balaban J connectivity index is 2.16. The second-order valence-corrected chi connectivity index (χ2v) is 5.96. The van der Waals surface area contributed by atoms with Crippen LogP contribution < -0.4 is 0 Å². The fourth-order valence-corrected chi connectivity index (χ4v) is 3.32. The predicted octanol–water partition coefficient (Wildman–Crippen LogP) is 5.07. The molecule has 5 heteroatoms. The molecule has 0 radical (unpaired) electrons. The summed E-state index contributed by atoms with van der Waals surface area (Å²) in [6.45, 7) is 2.11. The summed E-state index contributed by atoms with van der Waals surface area (Å²) < 4.78 is 1.10. The number of nitro groups is 1. The summed E-state index contributed by atoms with van der Waals surface area (Å²) >= 11 is 5.14. The van der Waals surface area contributed by atoms with E-state index in [1.807, 2.05) is 0 Å². The molecule has 0 aliphatic carbocycles. The van der Waals surface area contributed by atoms with Gasteiger partial charge in [-0.05, 0) is 36.2 Å². The molecule has 0 saturated heterocycles. The monoisotopic (exact) mass is 337 g/mol. The van der Waals surface area contributed by atoms with Crippen molar-refractivity contribution in [2.45, 2.75) is 23.1 Å². The van der Waals surface area contributed by atoms with Crippen molar-refractivity contribution in [2.24, 2.45) is 0 Å². The average Bonchev–Trinajstić information content (AvgIpc) is 2.39. The van der Waals surface area contributed by atoms with Gasteiger partial charge in [-0.1, -0.05) is 40.7 Å². The van der Waals surface area contributed by atoms with Crippen LogP contribution in [0.3, 0.4) is 0 Å². The summed E-state index contributed by atoms with van der Waals surface area (Å²) in [5.41, 5.74) is 1.39. The highest BCUT2D eigenvalue weighted by Crippen LogP contribution is 2.32. The van der Waals surface area contributed by atoms with Crippen molar-refractivity contribution in [1.29, 1.82) is 0 Å². The number of nitro benzene ring substituents is 1. The maximum absolute atomic E-state index is 10.6. The fraction of sp³-hybridized carbons (Fsp3) is 0.143.